The number of ether oxygens (including phenoxy) is 1. The molecule has 0 saturated carbocycles. The van der Waals surface area contributed by atoms with Gasteiger partial charge in [-0.3, -0.25) is 9.10 Å². The number of thioether (sulfide) groups is 1. The highest BCUT2D eigenvalue weighted by molar-refractivity contribution is 7.98. The van der Waals surface area contributed by atoms with E-state index in [0.29, 0.717) is 11.3 Å². The fourth-order valence-corrected chi connectivity index (χ4v) is 4.75. The predicted molar refractivity (Wildman–Crippen MR) is 117 cm³/mol. The van der Waals surface area contributed by atoms with E-state index in [9.17, 15) is 13.2 Å². The zero-order chi connectivity index (χ0) is 20.9. The molecule has 5 nitrogen and oxygen atoms in total. The molecule has 150 valence electrons. The highest BCUT2D eigenvalue weighted by atomic mass is 32.2. The maximum absolute atomic E-state index is 13.5. The largest absolute Gasteiger partial charge is 0.468 e. The van der Waals surface area contributed by atoms with Crippen molar-refractivity contribution in [3.05, 3.63) is 78.9 Å². The Kier molecular flexibility index (Phi) is 6.61. The average Bonchev–Trinajstić information content (AvgIpc) is 2.77. The lowest BCUT2D eigenvalue weighted by Gasteiger charge is -2.26. The number of carbonyl (C=O) groups excluding carboxylic acids is 1. The molecule has 0 saturated heterocycles. The number of carbonyl (C=O) groups is 1. The van der Waals surface area contributed by atoms with Gasteiger partial charge in [0.2, 0.25) is 0 Å². The van der Waals surface area contributed by atoms with E-state index in [2.05, 4.69) is 0 Å². The molecule has 0 aliphatic rings. The van der Waals surface area contributed by atoms with Crippen LogP contribution in [0.1, 0.15) is 0 Å². The number of benzene rings is 3. The van der Waals surface area contributed by atoms with Crippen molar-refractivity contribution in [3.63, 3.8) is 0 Å². The van der Waals surface area contributed by atoms with E-state index in [-0.39, 0.29) is 4.90 Å². The second-order valence-corrected chi connectivity index (χ2v) is 8.89. The standard InChI is InChI=1S/C22H21NO4S2/c1-27-22(24)16-23(29(25,26)19-14-12-18(28-2)13-15-19)21-11-7-6-10-20(21)17-8-4-3-5-9-17/h3-15H,16H2,1-2H3. The molecule has 0 aromatic heterocycles. The van der Waals surface area contributed by atoms with Gasteiger partial charge in [0.05, 0.1) is 17.7 Å². The maximum Gasteiger partial charge on any atom is 0.326 e. The van der Waals surface area contributed by atoms with Gasteiger partial charge < -0.3 is 4.74 Å². The van der Waals surface area contributed by atoms with Crippen LogP contribution in [0.4, 0.5) is 5.69 Å². The molecule has 0 aliphatic heterocycles. The van der Waals surface area contributed by atoms with Gasteiger partial charge in [-0.1, -0.05) is 48.5 Å². The Morgan fingerprint density at radius 2 is 1.55 bits per heavy atom. The molecule has 7 heteroatoms. The van der Waals surface area contributed by atoms with Gasteiger partial charge in [-0.2, -0.15) is 0 Å². The normalized spacial score (nSPS) is 11.1. The molecule has 3 aromatic rings. The fraction of sp³-hybridized carbons (Fsp3) is 0.136. The van der Waals surface area contributed by atoms with E-state index in [1.165, 1.54) is 18.9 Å². The van der Waals surface area contributed by atoms with Crippen LogP contribution in [0.3, 0.4) is 0 Å². The maximum atomic E-state index is 13.5. The number of esters is 1. The van der Waals surface area contributed by atoms with Crippen LogP contribution in [0.5, 0.6) is 0 Å². The molecule has 3 aromatic carbocycles. The molecule has 0 aliphatic carbocycles. The first-order valence-electron chi connectivity index (χ1n) is 8.85. The molecule has 0 unspecified atom stereocenters. The van der Waals surface area contributed by atoms with E-state index in [4.69, 9.17) is 4.74 Å². The van der Waals surface area contributed by atoms with Gasteiger partial charge in [-0.15, -0.1) is 11.8 Å². The summed E-state index contributed by atoms with van der Waals surface area (Å²) >= 11 is 1.52. The smallest absolute Gasteiger partial charge is 0.326 e. The highest BCUT2D eigenvalue weighted by Crippen LogP contribution is 2.34. The lowest BCUT2D eigenvalue weighted by atomic mass is 10.0. The minimum atomic E-state index is -3.99. The van der Waals surface area contributed by atoms with Gasteiger partial charge in [0.15, 0.2) is 0 Å². The van der Waals surface area contributed by atoms with E-state index in [1.807, 2.05) is 48.7 Å². The molecule has 0 heterocycles. The molecule has 0 radical (unpaired) electrons. The number of methoxy groups -OCH3 is 1. The fourth-order valence-electron chi connectivity index (χ4n) is 2.91. The van der Waals surface area contributed by atoms with Crippen LogP contribution in [0.2, 0.25) is 0 Å². The Bertz CT molecular complexity index is 1080. The first-order valence-corrected chi connectivity index (χ1v) is 11.5. The first-order chi connectivity index (χ1) is 14.0. The topological polar surface area (TPSA) is 63.7 Å². The molecule has 0 amide bonds. The molecule has 0 bridgehead atoms. The number of sulfonamides is 1. The van der Waals surface area contributed by atoms with Crippen LogP contribution in [-0.4, -0.2) is 34.3 Å². The van der Waals surface area contributed by atoms with Gasteiger partial charge in [-0.05, 0) is 42.2 Å². The van der Waals surface area contributed by atoms with Crippen molar-refractivity contribution in [2.45, 2.75) is 9.79 Å². The highest BCUT2D eigenvalue weighted by Gasteiger charge is 2.29. The van der Waals surface area contributed by atoms with E-state index in [0.717, 1.165) is 14.8 Å². The summed E-state index contributed by atoms with van der Waals surface area (Å²) < 4.78 is 32.8. The Labute approximate surface area is 175 Å². The summed E-state index contributed by atoms with van der Waals surface area (Å²) in [6.45, 7) is -0.424. The quantitative estimate of drug-likeness (QED) is 0.412. The van der Waals surface area contributed by atoms with Crippen LogP contribution in [0.25, 0.3) is 11.1 Å². The summed E-state index contributed by atoms with van der Waals surface area (Å²) in [5, 5.41) is 0. The van der Waals surface area contributed by atoms with Crippen LogP contribution in [0.15, 0.2) is 88.7 Å². The minimum Gasteiger partial charge on any atom is -0.468 e. The summed E-state index contributed by atoms with van der Waals surface area (Å²) in [6.07, 6.45) is 1.92. The lowest BCUT2D eigenvalue weighted by molar-refractivity contribution is -0.138. The third kappa shape index (κ3) is 4.63. The van der Waals surface area contributed by atoms with Gasteiger partial charge in [0, 0.05) is 10.5 Å². The Morgan fingerprint density at radius 1 is 0.931 bits per heavy atom. The predicted octanol–water partition coefficient (Wildman–Crippen LogP) is 4.44. The third-order valence-corrected chi connectivity index (χ3v) is 6.92. The summed E-state index contributed by atoms with van der Waals surface area (Å²) in [7, 11) is -2.75. The van der Waals surface area contributed by atoms with Gasteiger partial charge in [0.1, 0.15) is 6.54 Å². The molecule has 0 atom stereocenters. The van der Waals surface area contributed by atoms with Gasteiger partial charge >= 0.3 is 5.97 Å². The van der Waals surface area contributed by atoms with Gasteiger partial charge in [0.25, 0.3) is 10.0 Å². The molecule has 0 N–H and O–H groups in total. The molecule has 0 spiro atoms. The van der Waals surface area contributed by atoms with E-state index in [1.54, 1.807) is 36.4 Å². The molecule has 0 fully saturated rings. The van der Waals surface area contributed by atoms with Crippen LogP contribution in [0, 0.1) is 0 Å². The van der Waals surface area contributed by atoms with E-state index < -0.39 is 22.5 Å². The Balaban J connectivity index is 2.15. The van der Waals surface area contributed by atoms with Crippen molar-refractivity contribution in [2.24, 2.45) is 0 Å². The third-order valence-electron chi connectivity index (χ3n) is 4.41. The zero-order valence-corrected chi connectivity index (χ0v) is 17.7. The summed E-state index contributed by atoms with van der Waals surface area (Å²) in [5.41, 5.74) is 1.98. The number of para-hydroxylation sites is 1. The Hall–Kier alpha value is -2.77. The first kappa shape index (κ1) is 21.0. The van der Waals surface area contributed by atoms with Crippen molar-refractivity contribution in [1.29, 1.82) is 0 Å². The molecule has 3 rings (SSSR count). The van der Waals surface area contributed by atoms with Crippen molar-refractivity contribution in [3.8, 4) is 11.1 Å². The Morgan fingerprint density at radius 3 is 2.17 bits per heavy atom. The molecular weight excluding hydrogens is 406 g/mol. The molecular formula is C22H21NO4S2. The van der Waals surface area contributed by atoms with Crippen molar-refractivity contribution < 1.29 is 17.9 Å². The number of nitrogens with zero attached hydrogens (tertiary/aromatic N) is 1. The minimum absolute atomic E-state index is 0.113. The van der Waals surface area contributed by atoms with Crippen molar-refractivity contribution in [1.82, 2.24) is 0 Å². The second-order valence-electron chi connectivity index (χ2n) is 6.15. The SMILES string of the molecule is COC(=O)CN(c1ccccc1-c1ccccc1)S(=O)(=O)c1ccc(SC)cc1. The van der Waals surface area contributed by atoms with Crippen LogP contribution < -0.4 is 4.31 Å². The molecule has 29 heavy (non-hydrogen) atoms. The second kappa shape index (κ2) is 9.15. The summed E-state index contributed by atoms with van der Waals surface area (Å²) in [4.78, 5) is 13.2. The monoisotopic (exact) mass is 427 g/mol. The van der Waals surface area contributed by atoms with Crippen LogP contribution in [-0.2, 0) is 19.6 Å². The van der Waals surface area contributed by atoms with Crippen molar-refractivity contribution >= 4 is 33.4 Å². The van der Waals surface area contributed by atoms with Crippen LogP contribution >= 0.6 is 11.8 Å². The lowest BCUT2D eigenvalue weighted by Crippen LogP contribution is -2.36. The number of hydrogen-bond acceptors (Lipinski definition) is 5. The number of hydrogen-bond donors (Lipinski definition) is 0. The van der Waals surface area contributed by atoms with E-state index >= 15 is 0 Å². The summed E-state index contributed by atoms with van der Waals surface area (Å²) in [5.74, 6) is -0.642. The number of anilines is 1. The van der Waals surface area contributed by atoms with Crippen molar-refractivity contribution in [2.75, 3.05) is 24.2 Å². The van der Waals surface area contributed by atoms with Gasteiger partial charge in [-0.25, -0.2) is 8.42 Å². The average molecular weight is 428 g/mol. The number of rotatable bonds is 7. The zero-order valence-electron chi connectivity index (χ0n) is 16.1. The summed E-state index contributed by atoms with van der Waals surface area (Å²) in [6, 6.07) is 23.2.